The van der Waals surface area contributed by atoms with E-state index in [0.29, 0.717) is 6.54 Å². The summed E-state index contributed by atoms with van der Waals surface area (Å²) in [5, 5.41) is 12.8. The van der Waals surface area contributed by atoms with Crippen LogP contribution in [0.3, 0.4) is 0 Å². The Kier molecular flexibility index (Phi) is 3.97. The van der Waals surface area contributed by atoms with E-state index in [9.17, 15) is 5.11 Å². The van der Waals surface area contributed by atoms with Crippen molar-refractivity contribution in [2.75, 3.05) is 7.05 Å². The number of ether oxygens (including phenoxy) is 1. The third-order valence-electron chi connectivity index (χ3n) is 3.11. The van der Waals surface area contributed by atoms with Gasteiger partial charge in [0.05, 0.1) is 11.8 Å². The first-order chi connectivity index (χ1) is 8.20. The molecule has 2 N–H and O–H groups in total. The highest BCUT2D eigenvalue weighted by atomic mass is 16.5. The lowest BCUT2D eigenvalue weighted by atomic mass is 10.2. The summed E-state index contributed by atoms with van der Waals surface area (Å²) < 4.78 is 5.87. The van der Waals surface area contributed by atoms with Crippen LogP contribution < -0.4 is 10.1 Å². The quantitative estimate of drug-likeness (QED) is 0.829. The first-order valence-corrected chi connectivity index (χ1v) is 6.16. The van der Waals surface area contributed by atoms with Gasteiger partial charge >= 0.3 is 0 Å². The summed E-state index contributed by atoms with van der Waals surface area (Å²) in [7, 11) is 1.89. The zero-order valence-electron chi connectivity index (χ0n) is 10.4. The van der Waals surface area contributed by atoms with Crippen LogP contribution in [0.2, 0.25) is 0 Å². The molecule has 1 aliphatic rings. The highest BCUT2D eigenvalue weighted by Gasteiger charge is 2.27. The number of aliphatic hydroxyl groups is 1. The standard InChI is InChI=1S/C13H20N2O2/c1-9-6-7-12(10(15-9)8-14-2)17-13-5-3-4-11(13)16/h6-7,11,13-14,16H,3-5,8H2,1-2H3. The van der Waals surface area contributed by atoms with E-state index in [1.165, 1.54) is 0 Å². The van der Waals surface area contributed by atoms with E-state index in [0.717, 1.165) is 36.4 Å². The van der Waals surface area contributed by atoms with Crippen molar-refractivity contribution in [3.8, 4) is 5.75 Å². The second-order valence-corrected chi connectivity index (χ2v) is 4.58. The lowest BCUT2D eigenvalue weighted by Crippen LogP contribution is -2.26. The highest BCUT2D eigenvalue weighted by Crippen LogP contribution is 2.26. The third-order valence-corrected chi connectivity index (χ3v) is 3.11. The number of pyridine rings is 1. The number of nitrogens with one attached hydrogen (secondary N) is 1. The molecular formula is C13H20N2O2. The van der Waals surface area contributed by atoms with Crippen LogP contribution in [0.1, 0.15) is 30.7 Å². The molecule has 2 rings (SSSR count). The van der Waals surface area contributed by atoms with Crippen LogP contribution in [0.4, 0.5) is 0 Å². The smallest absolute Gasteiger partial charge is 0.142 e. The van der Waals surface area contributed by atoms with Gasteiger partial charge in [-0.05, 0) is 45.4 Å². The molecule has 0 aromatic carbocycles. The third kappa shape index (κ3) is 2.96. The molecule has 1 fully saturated rings. The molecule has 0 amide bonds. The average Bonchev–Trinajstić information content (AvgIpc) is 2.69. The Labute approximate surface area is 102 Å². The first kappa shape index (κ1) is 12.3. The van der Waals surface area contributed by atoms with Crippen LogP contribution in [-0.2, 0) is 6.54 Å². The molecule has 1 aliphatic carbocycles. The Morgan fingerprint density at radius 1 is 1.47 bits per heavy atom. The summed E-state index contributed by atoms with van der Waals surface area (Å²) in [4.78, 5) is 4.46. The Hall–Kier alpha value is -1.13. The number of nitrogens with zero attached hydrogens (tertiary/aromatic N) is 1. The second kappa shape index (κ2) is 5.47. The molecular weight excluding hydrogens is 216 g/mol. The van der Waals surface area contributed by atoms with Gasteiger partial charge in [-0.1, -0.05) is 0 Å². The van der Waals surface area contributed by atoms with Crippen molar-refractivity contribution in [2.45, 2.75) is 44.9 Å². The number of aromatic nitrogens is 1. The minimum atomic E-state index is -0.335. The van der Waals surface area contributed by atoms with Gasteiger partial charge in [0.2, 0.25) is 0 Å². The molecule has 1 aromatic rings. The lowest BCUT2D eigenvalue weighted by Gasteiger charge is -2.19. The normalized spacial score (nSPS) is 23.9. The van der Waals surface area contributed by atoms with Gasteiger partial charge in [0.15, 0.2) is 0 Å². The second-order valence-electron chi connectivity index (χ2n) is 4.58. The summed E-state index contributed by atoms with van der Waals surface area (Å²) in [5.74, 6) is 0.788. The maximum absolute atomic E-state index is 9.76. The number of aryl methyl sites for hydroxylation is 1. The fourth-order valence-corrected chi connectivity index (χ4v) is 2.21. The van der Waals surface area contributed by atoms with Crippen LogP contribution in [0.15, 0.2) is 12.1 Å². The molecule has 0 spiro atoms. The van der Waals surface area contributed by atoms with Crippen LogP contribution in [0.25, 0.3) is 0 Å². The lowest BCUT2D eigenvalue weighted by molar-refractivity contribution is 0.0594. The number of hydrogen-bond donors (Lipinski definition) is 2. The van der Waals surface area contributed by atoms with Crippen LogP contribution in [-0.4, -0.2) is 29.3 Å². The van der Waals surface area contributed by atoms with E-state index in [-0.39, 0.29) is 12.2 Å². The summed E-state index contributed by atoms with van der Waals surface area (Å²) in [5.41, 5.74) is 1.89. The molecule has 1 saturated carbocycles. The van der Waals surface area contributed by atoms with Crippen molar-refractivity contribution in [3.63, 3.8) is 0 Å². The van der Waals surface area contributed by atoms with Gasteiger partial charge in [-0.3, -0.25) is 4.98 Å². The van der Waals surface area contributed by atoms with Gasteiger partial charge < -0.3 is 15.2 Å². The van der Waals surface area contributed by atoms with Gasteiger partial charge in [-0.15, -0.1) is 0 Å². The molecule has 4 nitrogen and oxygen atoms in total. The zero-order valence-corrected chi connectivity index (χ0v) is 10.4. The number of rotatable bonds is 4. The van der Waals surface area contributed by atoms with E-state index in [2.05, 4.69) is 10.3 Å². The summed E-state index contributed by atoms with van der Waals surface area (Å²) >= 11 is 0. The van der Waals surface area contributed by atoms with Crippen LogP contribution in [0.5, 0.6) is 5.75 Å². The van der Waals surface area contributed by atoms with E-state index < -0.39 is 0 Å². The molecule has 1 aromatic heterocycles. The van der Waals surface area contributed by atoms with Crippen molar-refractivity contribution >= 4 is 0 Å². The van der Waals surface area contributed by atoms with Crippen molar-refractivity contribution in [3.05, 3.63) is 23.5 Å². The molecule has 17 heavy (non-hydrogen) atoms. The Morgan fingerprint density at radius 3 is 2.94 bits per heavy atom. The predicted molar refractivity (Wildman–Crippen MR) is 66.0 cm³/mol. The summed E-state index contributed by atoms with van der Waals surface area (Å²) in [6.07, 6.45) is 2.39. The highest BCUT2D eigenvalue weighted by molar-refractivity contribution is 5.29. The van der Waals surface area contributed by atoms with Crippen LogP contribution in [0, 0.1) is 6.92 Å². The predicted octanol–water partition coefficient (Wildman–Crippen LogP) is 1.40. The van der Waals surface area contributed by atoms with Gasteiger partial charge in [0.1, 0.15) is 11.9 Å². The molecule has 2 unspecified atom stereocenters. The van der Waals surface area contributed by atoms with E-state index in [1.807, 2.05) is 26.1 Å². The molecule has 0 radical (unpaired) electrons. The first-order valence-electron chi connectivity index (χ1n) is 6.16. The zero-order chi connectivity index (χ0) is 12.3. The molecule has 2 atom stereocenters. The Morgan fingerprint density at radius 2 is 2.29 bits per heavy atom. The van der Waals surface area contributed by atoms with Crippen molar-refractivity contribution in [1.82, 2.24) is 10.3 Å². The maximum Gasteiger partial charge on any atom is 0.142 e. The largest absolute Gasteiger partial charge is 0.486 e. The molecule has 1 heterocycles. The summed E-state index contributed by atoms with van der Waals surface area (Å²) in [6.45, 7) is 2.65. The van der Waals surface area contributed by atoms with Crippen molar-refractivity contribution in [2.24, 2.45) is 0 Å². The Bertz CT molecular complexity index is 382. The minimum Gasteiger partial charge on any atom is -0.486 e. The van der Waals surface area contributed by atoms with Gasteiger partial charge in [-0.25, -0.2) is 0 Å². The molecule has 0 saturated heterocycles. The SMILES string of the molecule is CNCc1nc(C)ccc1OC1CCCC1O. The van der Waals surface area contributed by atoms with E-state index >= 15 is 0 Å². The van der Waals surface area contributed by atoms with Gasteiger partial charge in [0.25, 0.3) is 0 Å². The fourth-order valence-electron chi connectivity index (χ4n) is 2.21. The fraction of sp³-hybridized carbons (Fsp3) is 0.615. The minimum absolute atomic E-state index is 0.0740. The average molecular weight is 236 g/mol. The van der Waals surface area contributed by atoms with E-state index in [1.54, 1.807) is 0 Å². The monoisotopic (exact) mass is 236 g/mol. The van der Waals surface area contributed by atoms with Gasteiger partial charge in [0, 0.05) is 12.2 Å². The van der Waals surface area contributed by atoms with E-state index in [4.69, 9.17) is 4.74 Å². The van der Waals surface area contributed by atoms with Crippen molar-refractivity contribution in [1.29, 1.82) is 0 Å². The van der Waals surface area contributed by atoms with Crippen LogP contribution >= 0.6 is 0 Å². The maximum atomic E-state index is 9.76. The molecule has 0 aliphatic heterocycles. The Balaban J connectivity index is 2.13. The molecule has 0 bridgehead atoms. The van der Waals surface area contributed by atoms with Crippen molar-refractivity contribution < 1.29 is 9.84 Å². The summed E-state index contributed by atoms with van der Waals surface area (Å²) in [6, 6.07) is 3.88. The molecule has 4 heteroatoms. The molecule has 94 valence electrons. The topological polar surface area (TPSA) is 54.4 Å². The number of hydrogen-bond acceptors (Lipinski definition) is 4. The van der Waals surface area contributed by atoms with Gasteiger partial charge in [-0.2, -0.15) is 0 Å². The number of aliphatic hydroxyl groups excluding tert-OH is 1.